The van der Waals surface area contributed by atoms with Gasteiger partial charge < -0.3 is 24.4 Å². The summed E-state index contributed by atoms with van der Waals surface area (Å²) in [4.78, 5) is 24.9. The molecule has 3 rings (SSSR count). The number of carbonyl (C=O) groups is 2. The van der Waals surface area contributed by atoms with E-state index in [0.29, 0.717) is 5.57 Å². The van der Waals surface area contributed by atoms with Crippen molar-refractivity contribution >= 4 is 11.9 Å². The maximum atomic E-state index is 12.5. The lowest BCUT2D eigenvalue weighted by Crippen LogP contribution is -2.48. The smallest absolute Gasteiger partial charge is 0.310 e. The molecule has 27 heavy (non-hydrogen) atoms. The number of rotatable bonds is 2. The Labute approximate surface area is 159 Å². The van der Waals surface area contributed by atoms with Gasteiger partial charge in [0.05, 0.1) is 23.5 Å². The molecule has 0 aromatic rings. The second-order valence-electron chi connectivity index (χ2n) is 8.85. The van der Waals surface area contributed by atoms with Crippen molar-refractivity contribution in [2.75, 3.05) is 6.61 Å². The molecule has 2 bridgehead atoms. The Morgan fingerprint density at radius 2 is 2.04 bits per heavy atom. The highest BCUT2D eigenvalue weighted by molar-refractivity contribution is 5.75. The van der Waals surface area contributed by atoms with E-state index in [-0.39, 0.29) is 43.7 Å². The molecule has 3 aliphatic heterocycles. The summed E-state index contributed by atoms with van der Waals surface area (Å²) in [5.74, 6) is -4.08. The van der Waals surface area contributed by atoms with Crippen LogP contribution in [0.3, 0.4) is 0 Å². The van der Waals surface area contributed by atoms with Gasteiger partial charge in [0, 0.05) is 24.7 Å². The monoisotopic (exact) mass is 382 g/mol. The molecule has 7 heteroatoms. The minimum atomic E-state index is -1.55. The van der Waals surface area contributed by atoms with Crippen molar-refractivity contribution in [2.24, 2.45) is 23.7 Å². The standard InChI is InChI=1S/C20H30O7/c1-10(2)17(22)26-14-7-19(5)15(21)8-20(24,27-19)12(4)6-13-16(14)11(3)9-25-18(13)23/h10,12-16,21,24H,3,6-9H2,1-2,4-5H3/t12-,13+,14+,15-,16+,19+,20+/m0/s1. The van der Waals surface area contributed by atoms with E-state index in [2.05, 4.69) is 6.58 Å². The summed E-state index contributed by atoms with van der Waals surface area (Å²) in [7, 11) is 0. The quantitative estimate of drug-likeness (QED) is 0.552. The molecule has 2 N–H and O–H groups in total. The summed E-state index contributed by atoms with van der Waals surface area (Å²) < 4.78 is 17.0. The van der Waals surface area contributed by atoms with Crippen molar-refractivity contribution in [2.45, 2.75) is 70.6 Å². The molecule has 0 saturated carbocycles. The highest BCUT2D eigenvalue weighted by atomic mass is 16.7. The average molecular weight is 382 g/mol. The summed E-state index contributed by atoms with van der Waals surface area (Å²) in [6.45, 7) is 11.1. The lowest BCUT2D eigenvalue weighted by Gasteiger charge is -2.40. The minimum absolute atomic E-state index is 0.0445. The van der Waals surface area contributed by atoms with Crippen LogP contribution in [0.5, 0.6) is 0 Å². The van der Waals surface area contributed by atoms with Crippen LogP contribution in [0.2, 0.25) is 0 Å². The second-order valence-corrected chi connectivity index (χ2v) is 8.85. The van der Waals surface area contributed by atoms with E-state index >= 15 is 0 Å². The zero-order valence-electron chi connectivity index (χ0n) is 16.4. The number of ether oxygens (including phenoxy) is 3. The summed E-state index contributed by atoms with van der Waals surface area (Å²) in [5.41, 5.74) is -0.419. The van der Waals surface area contributed by atoms with E-state index in [1.54, 1.807) is 27.7 Å². The Morgan fingerprint density at radius 3 is 2.67 bits per heavy atom. The number of hydrogen-bond acceptors (Lipinski definition) is 7. The van der Waals surface area contributed by atoms with Crippen LogP contribution in [0.15, 0.2) is 12.2 Å². The van der Waals surface area contributed by atoms with Gasteiger partial charge in [0.15, 0.2) is 5.79 Å². The highest BCUT2D eigenvalue weighted by Gasteiger charge is 2.59. The highest BCUT2D eigenvalue weighted by Crippen LogP contribution is 2.50. The molecule has 0 amide bonds. The molecular formula is C20H30O7. The number of carbonyl (C=O) groups excluding carboxylic acids is 2. The topological polar surface area (TPSA) is 102 Å². The molecule has 3 heterocycles. The van der Waals surface area contributed by atoms with Gasteiger partial charge in [0.1, 0.15) is 12.7 Å². The predicted octanol–water partition coefficient (Wildman–Crippen LogP) is 1.56. The summed E-state index contributed by atoms with van der Waals surface area (Å²) in [6.07, 6.45) is -1.11. The fraction of sp³-hybridized carbons (Fsp3) is 0.800. The van der Waals surface area contributed by atoms with Crippen LogP contribution < -0.4 is 0 Å². The number of fused-ring (bicyclic) bond motifs is 3. The Balaban J connectivity index is 2.04. The van der Waals surface area contributed by atoms with Gasteiger partial charge >= 0.3 is 11.9 Å². The Bertz CT molecular complexity index is 644. The number of cyclic esters (lactones) is 1. The number of aliphatic hydroxyl groups is 2. The molecule has 0 aliphatic carbocycles. The Hall–Kier alpha value is -1.44. The third-order valence-corrected chi connectivity index (χ3v) is 6.33. The first-order valence-electron chi connectivity index (χ1n) is 9.62. The molecular weight excluding hydrogens is 352 g/mol. The normalized spacial score (nSPS) is 44.8. The second kappa shape index (κ2) is 6.87. The van der Waals surface area contributed by atoms with Crippen LogP contribution >= 0.6 is 0 Å². The van der Waals surface area contributed by atoms with Crippen LogP contribution in [0.4, 0.5) is 0 Å². The first-order chi connectivity index (χ1) is 12.5. The SMILES string of the molecule is C=C1COC(=O)[C@@H]2C[C@H](C)[C@@]3(O)C[C@H](O)[C@@](C)(C[C@@H](OC(=O)C(C)C)[C@H]12)O3. The molecule has 3 aliphatic rings. The summed E-state index contributed by atoms with van der Waals surface area (Å²) in [6, 6.07) is 0. The lowest BCUT2D eigenvalue weighted by molar-refractivity contribution is -0.252. The molecule has 0 aromatic heterocycles. The van der Waals surface area contributed by atoms with Crippen molar-refractivity contribution in [3.63, 3.8) is 0 Å². The Morgan fingerprint density at radius 1 is 1.37 bits per heavy atom. The van der Waals surface area contributed by atoms with Gasteiger partial charge in [0.2, 0.25) is 0 Å². The first-order valence-corrected chi connectivity index (χ1v) is 9.62. The summed E-state index contributed by atoms with van der Waals surface area (Å²) in [5, 5.41) is 21.6. The van der Waals surface area contributed by atoms with Crippen molar-refractivity contribution in [1.29, 1.82) is 0 Å². The maximum absolute atomic E-state index is 12.5. The molecule has 0 spiro atoms. The largest absolute Gasteiger partial charge is 0.461 e. The van der Waals surface area contributed by atoms with Crippen LogP contribution in [0.25, 0.3) is 0 Å². The van der Waals surface area contributed by atoms with Crippen molar-refractivity contribution < 1.29 is 34.0 Å². The number of hydrogen-bond donors (Lipinski definition) is 2. The van der Waals surface area contributed by atoms with Crippen LogP contribution in [0.1, 0.15) is 47.0 Å². The number of esters is 2. The number of aliphatic hydroxyl groups excluding tert-OH is 1. The third kappa shape index (κ3) is 3.52. The van der Waals surface area contributed by atoms with Gasteiger partial charge in [-0.1, -0.05) is 27.4 Å². The van der Waals surface area contributed by atoms with E-state index in [1.807, 2.05) is 0 Å². The molecule has 0 radical (unpaired) electrons. The predicted molar refractivity (Wildman–Crippen MR) is 95.3 cm³/mol. The van der Waals surface area contributed by atoms with E-state index < -0.39 is 41.3 Å². The van der Waals surface area contributed by atoms with Crippen LogP contribution in [-0.4, -0.2) is 52.4 Å². The minimum Gasteiger partial charge on any atom is -0.461 e. The maximum Gasteiger partial charge on any atom is 0.310 e. The fourth-order valence-corrected chi connectivity index (χ4v) is 4.54. The molecule has 0 unspecified atom stereocenters. The molecule has 7 nitrogen and oxygen atoms in total. The van der Waals surface area contributed by atoms with E-state index in [9.17, 15) is 19.8 Å². The van der Waals surface area contributed by atoms with Gasteiger partial charge in [-0.2, -0.15) is 0 Å². The fourth-order valence-electron chi connectivity index (χ4n) is 4.54. The summed E-state index contributed by atoms with van der Waals surface area (Å²) >= 11 is 0. The van der Waals surface area contributed by atoms with E-state index in [0.717, 1.165) is 0 Å². The lowest BCUT2D eigenvalue weighted by atomic mass is 9.71. The van der Waals surface area contributed by atoms with Crippen molar-refractivity contribution in [3.8, 4) is 0 Å². The zero-order valence-corrected chi connectivity index (χ0v) is 16.4. The zero-order chi connectivity index (χ0) is 20.1. The van der Waals surface area contributed by atoms with Gasteiger partial charge in [-0.05, 0) is 18.9 Å². The molecule has 0 aromatic carbocycles. The average Bonchev–Trinajstić information content (AvgIpc) is 2.81. The van der Waals surface area contributed by atoms with Crippen LogP contribution in [0, 0.1) is 23.7 Å². The van der Waals surface area contributed by atoms with Gasteiger partial charge in [-0.25, -0.2) is 0 Å². The van der Waals surface area contributed by atoms with Gasteiger partial charge in [-0.15, -0.1) is 0 Å². The van der Waals surface area contributed by atoms with E-state index in [1.165, 1.54) is 0 Å². The van der Waals surface area contributed by atoms with E-state index in [4.69, 9.17) is 14.2 Å². The third-order valence-electron chi connectivity index (χ3n) is 6.33. The van der Waals surface area contributed by atoms with Crippen LogP contribution in [-0.2, 0) is 23.8 Å². The Kier molecular flexibility index (Phi) is 5.16. The van der Waals surface area contributed by atoms with Crippen molar-refractivity contribution in [3.05, 3.63) is 12.2 Å². The molecule has 7 atom stereocenters. The molecule has 3 saturated heterocycles. The molecule has 152 valence electrons. The first kappa shape index (κ1) is 20.3. The van der Waals surface area contributed by atoms with Gasteiger partial charge in [-0.3, -0.25) is 9.59 Å². The van der Waals surface area contributed by atoms with Gasteiger partial charge in [0.25, 0.3) is 0 Å². The van der Waals surface area contributed by atoms with Crippen molar-refractivity contribution in [1.82, 2.24) is 0 Å². The molecule has 3 fully saturated rings.